The molecule has 0 amide bonds. The minimum Gasteiger partial charge on any atom is -0.490 e. The van der Waals surface area contributed by atoms with E-state index in [1.165, 1.54) is 42.5 Å². The van der Waals surface area contributed by atoms with Crippen LogP contribution in [0.2, 0.25) is 0 Å². The lowest BCUT2D eigenvalue weighted by atomic mass is 10.0. The van der Waals surface area contributed by atoms with Gasteiger partial charge in [0.15, 0.2) is 11.5 Å². The van der Waals surface area contributed by atoms with E-state index in [2.05, 4.69) is 0 Å². The standard InChI is InChI=1S/C29H23NO7/c1-3-35-25-17-19(16-23(18-30)28(33)36-4-2)10-15-24(25)37-29(34)22-13-11-21(12-14-22)27(32)26(31)20-8-6-5-7-9-20/h5-17H,3-4H2,1-2H3/b23-16+. The van der Waals surface area contributed by atoms with Crippen molar-refractivity contribution in [1.29, 1.82) is 5.26 Å². The molecular formula is C29H23NO7. The van der Waals surface area contributed by atoms with Crippen molar-refractivity contribution in [2.45, 2.75) is 13.8 Å². The maximum atomic E-state index is 12.7. The molecular weight excluding hydrogens is 474 g/mol. The molecule has 3 aromatic rings. The molecule has 0 N–H and O–H groups in total. The van der Waals surface area contributed by atoms with E-state index in [1.54, 1.807) is 56.3 Å². The minimum absolute atomic E-state index is 0.123. The second-order valence-electron chi connectivity index (χ2n) is 7.52. The molecule has 0 heterocycles. The van der Waals surface area contributed by atoms with Crippen LogP contribution in [0.5, 0.6) is 11.5 Å². The highest BCUT2D eigenvalue weighted by molar-refractivity contribution is 6.49. The Balaban J connectivity index is 1.77. The van der Waals surface area contributed by atoms with Gasteiger partial charge in [0.25, 0.3) is 0 Å². The molecule has 0 radical (unpaired) electrons. The van der Waals surface area contributed by atoms with Crippen LogP contribution in [0.25, 0.3) is 6.08 Å². The summed E-state index contributed by atoms with van der Waals surface area (Å²) >= 11 is 0. The number of rotatable bonds is 10. The van der Waals surface area contributed by atoms with Crippen molar-refractivity contribution in [2.24, 2.45) is 0 Å². The average Bonchev–Trinajstić information content (AvgIpc) is 2.93. The number of hydrogen-bond donors (Lipinski definition) is 0. The smallest absolute Gasteiger partial charge is 0.348 e. The molecule has 0 saturated heterocycles. The van der Waals surface area contributed by atoms with E-state index >= 15 is 0 Å². The molecule has 3 rings (SSSR count). The van der Waals surface area contributed by atoms with Gasteiger partial charge in [0, 0.05) is 11.1 Å². The van der Waals surface area contributed by atoms with E-state index in [-0.39, 0.29) is 47.0 Å². The van der Waals surface area contributed by atoms with E-state index < -0.39 is 23.5 Å². The van der Waals surface area contributed by atoms with E-state index in [9.17, 15) is 24.4 Å². The lowest BCUT2D eigenvalue weighted by Crippen LogP contribution is -2.15. The van der Waals surface area contributed by atoms with E-state index in [0.717, 1.165) is 0 Å². The highest BCUT2D eigenvalue weighted by Gasteiger charge is 2.19. The molecule has 0 aliphatic rings. The van der Waals surface area contributed by atoms with Crippen LogP contribution < -0.4 is 9.47 Å². The van der Waals surface area contributed by atoms with Crippen molar-refractivity contribution in [1.82, 2.24) is 0 Å². The molecule has 0 aliphatic carbocycles. The Labute approximate surface area is 213 Å². The zero-order valence-corrected chi connectivity index (χ0v) is 20.2. The number of nitriles is 1. The van der Waals surface area contributed by atoms with Gasteiger partial charge in [0.1, 0.15) is 11.6 Å². The maximum Gasteiger partial charge on any atom is 0.348 e. The molecule has 0 aliphatic heterocycles. The molecule has 0 saturated carbocycles. The number of esters is 2. The Morgan fingerprint density at radius 1 is 0.784 bits per heavy atom. The summed E-state index contributed by atoms with van der Waals surface area (Å²) in [7, 11) is 0. The number of Topliss-reactive ketones (excluding diaryl/α,β-unsaturated/α-hetero) is 2. The van der Waals surface area contributed by atoms with Gasteiger partial charge in [0.2, 0.25) is 11.6 Å². The van der Waals surface area contributed by atoms with Crippen molar-refractivity contribution in [2.75, 3.05) is 13.2 Å². The lowest BCUT2D eigenvalue weighted by Gasteiger charge is -2.12. The van der Waals surface area contributed by atoms with Gasteiger partial charge in [-0.2, -0.15) is 5.26 Å². The molecule has 0 atom stereocenters. The van der Waals surface area contributed by atoms with Crippen LogP contribution in [0, 0.1) is 11.3 Å². The van der Waals surface area contributed by atoms with Crippen molar-refractivity contribution in [3.05, 3.63) is 101 Å². The molecule has 37 heavy (non-hydrogen) atoms. The van der Waals surface area contributed by atoms with Crippen LogP contribution in [0.1, 0.15) is 50.5 Å². The van der Waals surface area contributed by atoms with Crippen molar-refractivity contribution in [3.63, 3.8) is 0 Å². The highest BCUT2D eigenvalue weighted by Crippen LogP contribution is 2.30. The van der Waals surface area contributed by atoms with Gasteiger partial charge in [-0.25, -0.2) is 9.59 Å². The Kier molecular flexibility index (Phi) is 9.06. The van der Waals surface area contributed by atoms with Crippen LogP contribution in [-0.2, 0) is 9.53 Å². The van der Waals surface area contributed by atoms with Crippen LogP contribution in [0.15, 0.2) is 78.4 Å². The van der Waals surface area contributed by atoms with E-state index in [4.69, 9.17) is 14.2 Å². The fourth-order valence-electron chi connectivity index (χ4n) is 3.25. The predicted octanol–water partition coefficient (Wildman–Crippen LogP) is 4.84. The maximum absolute atomic E-state index is 12.7. The number of nitrogens with zero attached hydrogens (tertiary/aromatic N) is 1. The monoisotopic (exact) mass is 497 g/mol. The first kappa shape index (κ1) is 26.6. The third kappa shape index (κ3) is 6.77. The van der Waals surface area contributed by atoms with Crippen molar-refractivity contribution < 1.29 is 33.4 Å². The Bertz CT molecular complexity index is 1380. The second-order valence-corrected chi connectivity index (χ2v) is 7.52. The summed E-state index contributed by atoms with van der Waals surface area (Å²) < 4.78 is 15.9. The summed E-state index contributed by atoms with van der Waals surface area (Å²) in [6.45, 7) is 3.79. The number of carbonyl (C=O) groups excluding carboxylic acids is 4. The van der Waals surface area contributed by atoms with E-state index in [0.29, 0.717) is 5.56 Å². The molecule has 186 valence electrons. The minimum atomic E-state index is -0.745. The zero-order valence-electron chi connectivity index (χ0n) is 20.2. The van der Waals surface area contributed by atoms with Crippen molar-refractivity contribution in [3.8, 4) is 17.6 Å². The third-order valence-electron chi connectivity index (χ3n) is 5.02. The SMILES string of the molecule is CCOC(=O)/C(C#N)=C/c1ccc(OC(=O)c2ccc(C(=O)C(=O)c3ccccc3)cc2)c(OCC)c1. The molecule has 0 bridgehead atoms. The fourth-order valence-corrected chi connectivity index (χ4v) is 3.25. The average molecular weight is 498 g/mol. The Morgan fingerprint density at radius 2 is 1.41 bits per heavy atom. The van der Waals surface area contributed by atoms with Gasteiger partial charge < -0.3 is 14.2 Å². The van der Waals surface area contributed by atoms with Gasteiger partial charge >= 0.3 is 11.9 Å². The zero-order chi connectivity index (χ0) is 26.8. The molecule has 8 nitrogen and oxygen atoms in total. The predicted molar refractivity (Wildman–Crippen MR) is 134 cm³/mol. The third-order valence-corrected chi connectivity index (χ3v) is 5.02. The summed E-state index contributed by atoms with van der Waals surface area (Å²) in [5.74, 6) is -2.43. The van der Waals surface area contributed by atoms with Crippen molar-refractivity contribution >= 4 is 29.6 Å². The number of ketones is 2. The summed E-state index contributed by atoms with van der Waals surface area (Å²) in [6, 6.07) is 20.1. The molecule has 0 spiro atoms. The molecule has 0 unspecified atom stereocenters. The molecule has 0 aromatic heterocycles. The highest BCUT2D eigenvalue weighted by atomic mass is 16.6. The number of hydrogen-bond acceptors (Lipinski definition) is 8. The van der Waals surface area contributed by atoms with Gasteiger partial charge in [-0.1, -0.05) is 48.5 Å². The summed E-state index contributed by atoms with van der Waals surface area (Å²) in [6.07, 6.45) is 1.35. The normalized spacial score (nSPS) is 10.7. The van der Waals surface area contributed by atoms with Gasteiger partial charge in [-0.15, -0.1) is 0 Å². The van der Waals surface area contributed by atoms with Crippen LogP contribution >= 0.6 is 0 Å². The molecule has 0 fully saturated rings. The topological polar surface area (TPSA) is 120 Å². The first-order valence-corrected chi connectivity index (χ1v) is 11.4. The second kappa shape index (κ2) is 12.6. The van der Waals surface area contributed by atoms with E-state index in [1.807, 2.05) is 0 Å². The van der Waals surface area contributed by atoms with Crippen LogP contribution in [0.3, 0.4) is 0 Å². The number of benzene rings is 3. The number of carbonyl (C=O) groups is 4. The summed E-state index contributed by atoms with van der Waals surface area (Å²) in [5, 5.41) is 9.24. The van der Waals surface area contributed by atoms with Gasteiger partial charge in [-0.3, -0.25) is 9.59 Å². The summed E-state index contributed by atoms with van der Waals surface area (Å²) in [5.41, 5.74) is 0.866. The Morgan fingerprint density at radius 3 is 2.00 bits per heavy atom. The van der Waals surface area contributed by atoms with Crippen LogP contribution in [-0.4, -0.2) is 36.7 Å². The quantitative estimate of drug-likeness (QED) is 0.0975. The first-order chi connectivity index (χ1) is 17.9. The molecule has 8 heteroatoms. The Hall–Kier alpha value is -5.03. The first-order valence-electron chi connectivity index (χ1n) is 11.4. The lowest BCUT2D eigenvalue weighted by molar-refractivity contribution is -0.137. The number of ether oxygens (including phenoxy) is 3. The summed E-state index contributed by atoms with van der Waals surface area (Å²) in [4.78, 5) is 49.5. The van der Waals surface area contributed by atoms with Gasteiger partial charge in [0.05, 0.1) is 18.8 Å². The largest absolute Gasteiger partial charge is 0.490 e. The fraction of sp³-hybridized carbons (Fsp3) is 0.138. The molecule has 3 aromatic carbocycles. The van der Waals surface area contributed by atoms with Gasteiger partial charge in [-0.05, 0) is 49.8 Å². The van der Waals surface area contributed by atoms with Crippen LogP contribution in [0.4, 0.5) is 0 Å².